The molecule has 23 heavy (non-hydrogen) atoms. The second kappa shape index (κ2) is 7.13. The molecule has 122 valence electrons. The monoisotopic (exact) mass is 314 g/mol. The molecule has 1 aromatic heterocycles. The zero-order valence-electron chi connectivity index (χ0n) is 13.7. The summed E-state index contributed by atoms with van der Waals surface area (Å²) in [6.45, 7) is 6.68. The molecule has 0 unspecified atom stereocenters. The topological polar surface area (TPSA) is 71.3 Å². The number of carbonyl (C=O) groups excluding carboxylic acids is 1. The van der Waals surface area contributed by atoms with Gasteiger partial charge in [-0.3, -0.25) is 9.59 Å². The molecule has 2 aromatic rings. The van der Waals surface area contributed by atoms with Crippen LogP contribution in [0.4, 0.5) is 0 Å². The van der Waals surface area contributed by atoms with Crippen LogP contribution in [0.15, 0.2) is 36.4 Å². The highest BCUT2D eigenvalue weighted by Gasteiger charge is 2.21. The van der Waals surface area contributed by atoms with Gasteiger partial charge in [-0.15, -0.1) is 0 Å². The second-order valence-corrected chi connectivity index (χ2v) is 5.56. The van der Waals surface area contributed by atoms with E-state index in [0.29, 0.717) is 5.56 Å². The molecule has 0 spiro atoms. The summed E-state index contributed by atoms with van der Waals surface area (Å²) in [5, 5.41) is 12.0. The van der Waals surface area contributed by atoms with Gasteiger partial charge in [0.15, 0.2) is 0 Å². The van der Waals surface area contributed by atoms with E-state index in [-0.39, 0.29) is 12.3 Å². The molecule has 5 nitrogen and oxygen atoms in total. The van der Waals surface area contributed by atoms with Crippen molar-refractivity contribution in [2.75, 3.05) is 0 Å². The maximum absolute atomic E-state index is 12.6. The van der Waals surface area contributed by atoms with Crippen LogP contribution in [0.25, 0.3) is 0 Å². The highest BCUT2D eigenvalue weighted by Crippen LogP contribution is 2.20. The number of benzene rings is 1. The Balaban J connectivity index is 2.26. The van der Waals surface area contributed by atoms with E-state index in [4.69, 9.17) is 5.11 Å². The quantitative estimate of drug-likeness (QED) is 0.861. The molecule has 0 saturated heterocycles. The average Bonchev–Trinajstić information content (AvgIpc) is 2.81. The largest absolute Gasteiger partial charge is 0.481 e. The summed E-state index contributed by atoms with van der Waals surface area (Å²) in [4.78, 5) is 23.7. The van der Waals surface area contributed by atoms with Crippen molar-refractivity contribution >= 4 is 11.9 Å². The molecular formula is C18H22N2O3. The Morgan fingerprint density at radius 2 is 1.87 bits per heavy atom. The Morgan fingerprint density at radius 1 is 1.22 bits per heavy atom. The van der Waals surface area contributed by atoms with Crippen LogP contribution in [-0.2, 0) is 11.3 Å². The number of carbonyl (C=O) groups is 2. The normalized spacial score (nSPS) is 12.0. The Hall–Kier alpha value is -2.56. The number of carboxylic acid groups (broad SMARTS) is 1. The van der Waals surface area contributed by atoms with Gasteiger partial charge in [-0.05, 0) is 32.4 Å². The number of nitrogens with zero attached hydrogens (tertiary/aromatic N) is 1. The minimum Gasteiger partial charge on any atom is -0.481 e. The van der Waals surface area contributed by atoms with E-state index in [1.165, 1.54) is 0 Å². The summed E-state index contributed by atoms with van der Waals surface area (Å²) in [6.07, 6.45) is -0.151. The number of aryl methyl sites for hydroxylation is 1. The highest BCUT2D eigenvalue weighted by molar-refractivity contribution is 5.96. The minimum absolute atomic E-state index is 0.151. The fourth-order valence-electron chi connectivity index (χ4n) is 2.87. The Morgan fingerprint density at radius 3 is 2.39 bits per heavy atom. The van der Waals surface area contributed by atoms with E-state index >= 15 is 0 Å². The predicted molar refractivity (Wildman–Crippen MR) is 88.5 cm³/mol. The molecule has 0 aliphatic heterocycles. The van der Waals surface area contributed by atoms with Crippen molar-refractivity contribution in [3.63, 3.8) is 0 Å². The summed E-state index contributed by atoms with van der Waals surface area (Å²) in [5.74, 6) is -1.19. The molecule has 0 saturated carbocycles. The van der Waals surface area contributed by atoms with Crippen LogP contribution in [0.3, 0.4) is 0 Å². The fourth-order valence-corrected chi connectivity index (χ4v) is 2.87. The first-order valence-electron chi connectivity index (χ1n) is 7.68. The van der Waals surface area contributed by atoms with Crippen molar-refractivity contribution in [3.8, 4) is 0 Å². The molecule has 0 bridgehead atoms. The minimum atomic E-state index is -0.946. The average molecular weight is 314 g/mol. The summed E-state index contributed by atoms with van der Waals surface area (Å²) in [7, 11) is 0. The fraction of sp³-hybridized carbons (Fsp3) is 0.333. The van der Waals surface area contributed by atoms with Gasteiger partial charge in [-0.25, -0.2) is 0 Å². The SMILES string of the molecule is CCn1c(C)cc(C(=O)N[C@H](CC(=O)O)c2ccccc2)c1C. The van der Waals surface area contributed by atoms with Crippen LogP contribution in [0.1, 0.15) is 46.7 Å². The van der Waals surface area contributed by atoms with Gasteiger partial charge in [0, 0.05) is 17.9 Å². The van der Waals surface area contributed by atoms with Gasteiger partial charge in [-0.2, -0.15) is 0 Å². The van der Waals surface area contributed by atoms with Gasteiger partial charge in [-0.1, -0.05) is 30.3 Å². The van der Waals surface area contributed by atoms with E-state index in [2.05, 4.69) is 9.88 Å². The van der Waals surface area contributed by atoms with Crippen molar-refractivity contribution in [2.45, 2.75) is 39.8 Å². The Bertz CT molecular complexity index is 705. The van der Waals surface area contributed by atoms with Crippen LogP contribution in [0, 0.1) is 13.8 Å². The standard InChI is InChI=1S/C18H22N2O3/c1-4-20-12(2)10-15(13(20)3)18(23)19-16(11-17(21)22)14-8-6-5-7-9-14/h5-10,16H,4,11H2,1-3H3,(H,19,23)(H,21,22)/t16-/m1/s1. The molecular weight excluding hydrogens is 292 g/mol. The number of aliphatic carboxylic acids is 1. The maximum atomic E-state index is 12.6. The predicted octanol–water partition coefficient (Wildman–Crippen LogP) is 3.07. The molecule has 1 atom stereocenters. The van der Waals surface area contributed by atoms with Crippen LogP contribution >= 0.6 is 0 Å². The lowest BCUT2D eigenvalue weighted by Crippen LogP contribution is -2.30. The lowest BCUT2D eigenvalue weighted by atomic mass is 10.0. The third-order valence-electron chi connectivity index (χ3n) is 4.02. The number of aromatic nitrogens is 1. The zero-order valence-corrected chi connectivity index (χ0v) is 13.7. The summed E-state index contributed by atoms with van der Waals surface area (Å²) in [5.41, 5.74) is 3.29. The van der Waals surface area contributed by atoms with Crippen molar-refractivity contribution in [2.24, 2.45) is 0 Å². The first-order valence-corrected chi connectivity index (χ1v) is 7.68. The van der Waals surface area contributed by atoms with Gasteiger partial charge in [0.2, 0.25) is 0 Å². The lowest BCUT2D eigenvalue weighted by molar-refractivity contribution is -0.137. The highest BCUT2D eigenvalue weighted by atomic mass is 16.4. The number of rotatable bonds is 6. The molecule has 0 radical (unpaired) electrons. The van der Waals surface area contributed by atoms with E-state index in [0.717, 1.165) is 23.5 Å². The zero-order chi connectivity index (χ0) is 17.0. The molecule has 1 heterocycles. The van der Waals surface area contributed by atoms with Crippen LogP contribution in [0.2, 0.25) is 0 Å². The third kappa shape index (κ3) is 3.80. The summed E-state index contributed by atoms with van der Waals surface area (Å²) < 4.78 is 2.06. The molecule has 2 N–H and O–H groups in total. The van der Waals surface area contributed by atoms with Gasteiger partial charge >= 0.3 is 5.97 Å². The van der Waals surface area contributed by atoms with Crippen molar-refractivity contribution in [3.05, 3.63) is 58.9 Å². The molecule has 0 fully saturated rings. The van der Waals surface area contributed by atoms with E-state index in [1.807, 2.05) is 57.2 Å². The van der Waals surface area contributed by atoms with Gasteiger partial charge in [0.05, 0.1) is 18.0 Å². The van der Waals surface area contributed by atoms with Crippen molar-refractivity contribution < 1.29 is 14.7 Å². The van der Waals surface area contributed by atoms with E-state index in [9.17, 15) is 9.59 Å². The van der Waals surface area contributed by atoms with Crippen LogP contribution < -0.4 is 5.32 Å². The number of amides is 1. The van der Waals surface area contributed by atoms with Crippen LogP contribution in [0.5, 0.6) is 0 Å². The molecule has 5 heteroatoms. The molecule has 0 aliphatic rings. The van der Waals surface area contributed by atoms with E-state index in [1.54, 1.807) is 0 Å². The maximum Gasteiger partial charge on any atom is 0.305 e. The van der Waals surface area contributed by atoms with Gasteiger partial charge < -0.3 is 15.0 Å². The van der Waals surface area contributed by atoms with Crippen molar-refractivity contribution in [1.29, 1.82) is 0 Å². The Kier molecular flexibility index (Phi) is 5.21. The molecule has 2 rings (SSSR count). The Labute approximate surface area is 135 Å². The number of nitrogens with one attached hydrogen (secondary N) is 1. The number of hydrogen-bond donors (Lipinski definition) is 2. The first-order chi connectivity index (χ1) is 10.9. The summed E-state index contributed by atoms with van der Waals surface area (Å²) >= 11 is 0. The molecule has 0 aliphatic carbocycles. The first kappa shape index (κ1) is 16.8. The lowest BCUT2D eigenvalue weighted by Gasteiger charge is -2.17. The molecule has 1 aromatic carbocycles. The van der Waals surface area contributed by atoms with E-state index < -0.39 is 12.0 Å². The number of hydrogen-bond acceptors (Lipinski definition) is 2. The molecule has 1 amide bonds. The summed E-state index contributed by atoms with van der Waals surface area (Å²) in [6, 6.07) is 10.5. The van der Waals surface area contributed by atoms with Crippen LogP contribution in [-0.4, -0.2) is 21.6 Å². The van der Waals surface area contributed by atoms with Crippen molar-refractivity contribution in [1.82, 2.24) is 9.88 Å². The third-order valence-corrected chi connectivity index (χ3v) is 4.02. The second-order valence-electron chi connectivity index (χ2n) is 5.56. The van der Waals surface area contributed by atoms with Gasteiger partial charge in [0.25, 0.3) is 5.91 Å². The van der Waals surface area contributed by atoms with Gasteiger partial charge in [0.1, 0.15) is 0 Å². The smallest absolute Gasteiger partial charge is 0.305 e. The number of carboxylic acids is 1.